The number of hydrogen-bond acceptors (Lipinski definition) is 2. The summed E-state index contributed by atoms with van der Waals surface area (Å²) in [6, 6.07) is 0. The summed E-state index contributed by atoms with van der Waals surface area (Å²) in [5.41, 5.74) is 0. The van der Waals surface area contributed by atoms with Crippen LogP contribution in [-0.2, 0) is 4.57 Å². The number of likely N-dealkylation sites (N-methyl/N-ethyl adjacent to an activating group) is 1. The van der Waals surface area contributed by atoms with Crippen LogP contribution < -0.4 is 0 Å². The summed E-state index contributed by atoms with van der Waals surface area (Å²) >= 11 is 0. The van der Waals surface area contributed by atoms with Gasteiger partial charge in [-0.05, 0) is 38.5 Å². The van der Waals surface area contributed by atoms with Crippen LogP contribution in [0.15, 0.2) is 12.2 Å². The SMILES string of the molecule is CCCCCCCCC/C=C\CCCCCCCCCC(O)(C[N+](C)(C)C)P(=O)(O)O. The van der Waals surface area contributed by atoms with E-state index in [1.165, 1.54) is 77.0 Å². The van der Waals surface area contributed by atoms with Crippen molar-refractivity contribution in [3.63, 3.8) is 0 Å². The molecule has 0 fully saturated rings. The third-order valence-electron chi connectivity index (χ3n) is 5.86. The lowest BCUT2D eigenvalue weighted by Crippen LogP contribution is -2.49. The molecule has 6 heteroatoms. The van der Waals surface area contributed by atoms with Gasteiger partial charge < -0.3 is 19.4 Å². The molecular weight excluding hydrogens is 409 g/mol. The molecule has 0 saturated heterocycles. The van der Waals surface area contributed by atoms with Gasteiger partial charge >= 0.3 is 7.60 Å². The van der Waals surface area contributed by atoms with Gasteiger partial charge in [-0.3, -0.25) is 4.57 Å². The van der Waals surface area contributed by atoms with E-state index in [9.17, 15) is 19.5 Å². The minimum absolute atomic E-state index is 0.0593. The summed E-state index contributed by atoms with van der Waals surface area (Å²) in [6.45, 7) is 2.32. The lowest BCUT2D eigenvalue weighted by Gasteiger charge is -2.35. The molecule has 0 aliphatic rings. The first-order chi connectivity index (χ1) is 14.5. The topological polar surface area (TPSA) is 77.8 Å². The van der Waals surface area contributed by atoms with E-state index in [0.29, 0.717) is 10.9 Å². The van der Waals surface area contributed by atoms with Gasteiger partial charge in [-0.15, -0.1) is 0 Å². The second-order valence-electron chi connectivity index (χ2n) is 10.4. The van der Waals surface area contributed by atoms with Crippen molar-refractivity contribution in [2.75, 3.05) is 27.7 Å². The summed E-state index contributed by atoms with van der Waals surface area (Å²) < 4.78 is 12.1. The molecule has 0 aliphatic heterocycles. The highest BCUT2D eigenvalue weighted by molar-refractivity contribution is 7.53. The molecule has 3 N–H and O–H groups in total. The molecule has 0 rings (SSSR count). The van der Waals surface area contributed by atoms with Gasteiger partial charge in [0.05, 0.1) is 21.1 Å². The summed E-state index contributed by atoms with van der Waals surface area (Å²) in [5.74, 6) is 0. The van der Waals surface area contributed by atoms with Gasteiger partial charge in [0.2, 0.25) is 5.34 Å². The van der Waals surface area contributed by atoms with Crippen LogP contribution in [0.5, 0.6) is 0 Å². The van der Waals surface area contributed by atoms with Gasteiger partial charge in [-0.2, -0.15) is 0 Å². The third kappa shape index (κ3) is 18.0. The van der Waals surface area contributed by atoms with E-state index in [0.717, 1.165) is 19.3 Å². The zero-order chi connectivity index (χ0) is 23.6. The van der Waals surface area contributed by atoms with Crippen molar-refractivity contribution in [2.24, 2.45) is 0 Å². The van der Waals surface area contributed by atoms with E-state index in [-0.39, 0.29) is 13.0 Å². The van der Waals surface area contributed by atoms with Crippen LogP contribution in [0.3, 0.4) is 0 Å². The Balaban J connectivity index is 3.63. The largest absolute Gasteiger partial charge is 0.373 e. The zero-order valence-electron chi connectivity index (χ0n) is 21.0. The number of unbranched alkanes of at least 4 members (excludes halogenated alkanes) is 14. The molecule has 0 aromatic carbocycles. The molecule has 0 aromatic heterocycles. The first-order valence-electron chi connectivity index (χ1n) is 12.8. The average molecular weight is 463 g/mol. The minimum atomic E-state index is -4.54. The van der Waals surface area contributed by atoms with E-state index in [4.69, 9.17) is 0 Å². The van der Waals surface area contributed by atoms with Crippen molar-refractivity contribution in [1.29, 1.82) is 0 Å². The summed E-state index contributed by atoms with van der Waals surface area (Å²) in [4.78, 5) is 19.2. The van der Waals surface area contributed by atoms with E-state index < -0.39 is 12.9 Å². The van der Waals surface area contributed by atoms with Crippen LogP contribution in [0.1, 0.15) is 116 Å². The van der Waals surface area contributed by atoms with Gasteiger partial charge in [0.1, 0.15) is 6.54 Å². The van der Waals surface area contributed by atoms with Gasteiger partial charge in [0.25, 0.3) is 0 Å². The van der Waals surface area contributed by atoms with Crippen molar-refractivity contribution in [3.8, 4) is 0 Å². The van der Waals surface area contributed by atoms with Crippen molar-refractivity contribution in [1.82, 2.24) is 0 Å². The Bertz CT molecular complexity index is 498. The molecular formula is C25H53NO4P+. The summed E-state index contributed by atoms with van der Waals surface area (Å²) in [7, 11) is 0.973. The monoisotopic (exact) mass is 462 g/mol. The highest BCUT2D eigenvalue weighted by Gasteiger charge is 2.48. The number of allylic oxidation sites excluding steroid dienone is 2. The number of rotatable bonds is 21. The van der Waals surface area contributed by atoms with E-state index >= 15 is 0 Å². The maximum atomic E-state index is 11.8. The molecule has 31 heavy (non-hydrogen) atoms. The Kier molecular flexibility index (Phi) is 17.2. The fourth-order valence-electron chi connectivity index (χ4n) is 4.09. The van der Waals surface area contributed by atoms with Crippen molar-refractivity contribution < 1.29 is 23.9 Å². The minimum Gasteiger partial charge on any atom is -0.373 e. The van der Waals surface area contributed by atoms with Gasteiger partial charge in [-0.1, -0.05) is 89.7 Å². The lowest BCUT2D eigenvalue weighted by molar-refractivity contribution is -0.875. The predicted molar refractivity (Wildman–Crippen MR) is 133 cm³/mol. The van der Waals surface area contributed by atoms with Crippen molar-refractivity contribution >= 4 is 7.60 Å². The third-order valence-corrected chi connectivity index (χ3v) is 7.31. The number of hydrogen-bond donors (Lipinski definition) is 3. The van der Waals surface area contributed by atoms with Crippen LogP contribution in [-0.4, -0.2) is 52.4 Å². The molecule has 0 aliphatic carbocycles. The molecule has 186 valence electrons. The molecule has 1 unspecified atom stereocenters. The average Bonchev–Trinajstić information content (AvgIpc) is 2.65. The molecule has 0 heterocycles. The van der Waals surface area contributed by atoms with Crippen LogP contribution in [0.4, 0.5) is 0 Å². The standard InChI is InChI=1S/C25H52NO4P/c1-5-6-7-8-9-10-11-12-13-14-15-16-17-18-19-20-21-22-23-25(27,31(28,29)30)24-26(2,3)4/h13-14,27H,5-12,15-24H2,1-4H3,(H-,28,29,30)/p+1/b14-13-. The molecule has 0 bridgehead atoms. The first-order valence-corrected chi connectivity index (χ1v) is 14.4. The number of quaternary nitrogens is 1. The van der Waals surface area contributed by atoms with Gasteiger partial charge in [-0.25, -0.2) is 0 Å². The van der Waals surface area contributed by atoms with Crippen molar-refractivity contribution in [2.45, 2.75) is 121 Å². The molecule has 5 nitrogen and oxygen atoms in total. The highest BCUT2D eigenvalue weighted by Crippen LogP contribution is 2.52. The Labute approximate surface area is 193 Å². The molecule has 0 saturated carbocycles. The van der Waals surface area contributed by atoms with Crippen LogP contribution in [0, 0.1) is 0 Å². The van der Waals surface area contributed by atoms with Gasteiger partial charge in [0, 0.05) is 0 Å². The maximum absolute atomic E-state index is 11.8. The highest BCUT2D eigenvalue weighted by atomic mass is 31.2. The van der Waals surface area contributed by atoms with Crippen LogP contribution in [0.2, 0.25) is 0 Å². The van der Waals surface area contributed by atoms with E-state index in [2.05, 4.69) is 19.1 Å². The molecule has 0 spiro atoms. The zero-order valence-corrected chi connectivity index (χ0v) is 21.9. The Morgan fingerprint density at radius 3 is 1.48 bits per heavy atom. The number of nitrogens with zero attached hydrogens (tertiary/aromatic N) is 1. The fraction of sp³-hybridized carbons (Fsp3) is 0.920. The van der Waals surface area contributed by atoms with Crippen LogP contribution in [0.25, 0.3) is 0 Å². The van der Waals surface area contributed by atoms with Gasteiger partial charge in [0.15, 0.2) is 0 Å². The lowest BCUT2D eigenvalue weighted by atomic mass is 10.0. The van der Waals surface area contributed by atoms with E-state index in [1.807, 2.05) is 21.1 Å². The van der Waals surface area contributed by atoms with Crippen molar-refractivity contribution in [3.05, 3.63) is 12.2 Å². The Hall–Kier alpha value is -0.190. The summed E-state index contributed by atoms with van der Waals surface area (Å²) in [6.07, 6.45) is 24.4. The second-order valence-corrected chi connectivity index (χ2v) is 12.3. The predicted octanol–water partition coefficient (Wildman–Crippen LogP) is 6.77. The smallest absolute Gasteiger partial charge is 0.362 e. The van der Waals surface area contributed by atoms with Crippen LogP contribution >= 0.6 is 7.60 Å². The second kappa shape index (κ2) is 17.3. The number of aliphatic hydroxyl groups is 1. The Morgan fingerprint density at radius 1 is 0.710 bits per heavy atom. The molecule has 0 aromatic rings. The van der Waals surface area contributed by atoms with E-state index in [1.54, 1.807) is 0 Å². The molecule has 0 amide bonds. The molecule has 1 atom stereocenters. The maximum Gasteiger partial charge on any atom is 0.362 e. The normalized spacial score (nSPS) is 14.9. The first kappa shape index (κ1) is 30.8. The fourth-order valence-corrected chi connectivity index (χ4v) is 5.14. The Morgan fingerprint density at radius 2 is 1.10 bits per heavy atom. The quantitative estimate of drug-likeness (QED) is 0.0761. The molecule has 0 radical (unpaired) electrons. The summed E-state index contributed by atoms with van der Waals surface area (Å²) in [5, 5.41) is 8.62.